The zero-order valence-corrected chi connectivity index (χ0v) is 10.7. The molecule has 0 fully saturated rings. The van der Waals surface area contributed by atoms with Gasteiger partial charge in [0.05, 0.1) is 5.56 Å². The van der Waals surface area contributed by atoms with E-state index in [1.54, 1.807) is 17.5 Å². The number of amides is 1. The lowest BCUT2D eigenvalue weighted by Crippen LogP contribution is -2.10. The Kier molecular flexibility index (Phi) is 3.36. The quantitative estimate of drug-likeness (QED) is 0.907. The third kappa shape index (κ3) is 2.48. The van der Waals surface area contributed by atoms with Gasteiger partial charge in [0.1, 0.15) is 0 Å². The van der Waals surface area contributed by atoms with Gasteiger partial charge in [-0.25, -0.2) is 4.98 Å². The molecule has 16 heavy (non-hydrogen) atoms. The van der Waals surface area contributed by atoms with Crippen LogP contribution in [0.25, 0.3) is 0 Å². The van der Waals surface area contributed by atoms with Gasteiger partial charge in [0, 0.05) is 21.8 Å². The fourth-order valence-corrected chi connectivity index (χ4v) is 2.66. The molecule has 0 atom stereocenters. The van der Waals surface area contributed by atoms with E-state index in [4.69, 9.17) is 0 Å². The first-order valence-corrected chi connectivity index (χ1v) is 6.72. The molecule has 0 saturated carbocycles. The third-order valence-corrected chi connectivity index (χ3v) is 4.03. The Bertz CT molecular complexity index is 474. The van der Waals surface area contributed by atoms with Crippen molar-refractivity contribution in [3.05, 3.63) is 33.5 Å². The lowest BCUT2D eigenvalue weighted by Gasteiger charge is -1.99. The van der Waals surface area contributed by atoms with Crippen molar-refractivity contribution in [1.29, 1.82) is 0 Å². The van der Waals surface area contributed by atoms with Gasteiger partial charge in [-0.1, -0.05) is 13.8 Å². The van der Waals surface area contributed by atoms with E-state index in [0.29, 0.717) is 16.6 Å². The van der Waals surface area contributed by atoms with Gasteiger partial charge < -0.3 is 0 Å². The molecule has 0 aliphatic carbocycles. The highest BCUT2D eigenvalue weighted by Crippen LogP contribution is 2.23. The molecule has 0 saturated heterocycles. The Balaban J connectivity index is 2.09. The van der Waals surface area contributed by atoms with Crippen molar-refractivity contribution in [2.24, 2.45) is 0 Å². The number of carbonyl (C=O) groups is 1. The summed E-state index contributed by atoms with van der Waals surface area (Å²) in [5.74, 6) is 0.379. The molecule has 1 amide bonds. The molecule has 2 rings (SSSR count). The van der Waals surface area contributed by atoms with Crippen LogP contribution in [0.5, 0.6) is 0 Å². The van der Waals surface area contributed by atoms with Crippen molar-refractivity contribution in [3.8, 4) is 0 Å². The summed E-state index contributed by atoms with van der Waals surface area (Å²) in [5.41, 5.74) is 0.712. The Morgan fingerprint density at radius 2 is 2.25 bits per heavy atom. The van der Waals surface area contributed by atoms with E-state index >= 15 is 0 Å². The molecule has 0 aliphatic heterocycles. The predicted octanol–water partition coefficient (Wildman–Crippen LogP) is 3.58. The summed E-state index contributed by atoms with van der Waals surface area (Å²) in [6.07, 6.45) is 1.67. The minimum absolute atomic E-state index is 0.0851. The highest BCUT2D eigenvalue weighted by molar-refractivity contribution is 7.13. The standard InChI is InChI=1S/C11H12N2OS2/c1-7(2)9-5-8(6-16-9)10(14)13-11-12-3-4-15-11/h3-7H,1-2H3,(H,12,13,14). The highest BCUT2D eigenvalue weighted by Gasteiger charge is 2.11. The summed E-state index contributed by atoms with van der Waals surface area (Å²) in [4.78, 5) is 17.0. The number of aromatic nitrogens is 1. The number of thiophene rings is 1. The molecule has 2 aromatic rings. The Morgan fingerprint density at radius 3 is 2.81 bits per heavy atom. The number of rotatable bonds is 3. The number of thiazole rings is 1. The summed E-state index contributed by atoms with van der Waals surface area (Å²) >= 11 is 3.04. The SMILES string of the molecule is CC(C)c1cc(C(=O)Nc2nccs2)cs1. The normalized spacial score (nSPS) is 10.7. The van der Waals surface area contributed by atoms with Gasteiger partial charge in [0.2, 0.25) is 0 Å². The number of carbonyl (C=O) groups excluding carboxylic acids is 1. The highest BCUT2D eigenvalue weighted by atomic mass is 32.1. The first-order valence-electron chi connectivity index (χ1n) is 4.96. The van der Waals surface area contributed by atoms with Gasteiger partial charge in [-0.05, 0) is 12.0 Å². The maximum Gasteiger partial charge on any atom is 0.258 e. The summed E-state index contributed by atoms with van der Waals surface area (Å²) in [5, 5.41) is 7.13. The minimum Gasteiger partial charge on any atom is -0.298 e. The van der Waals surface area contributed by atoms with E-state index in [1.165, 1.54) is 16.2 Å². The fourth-order valence-electron chi connectivity index (χ4n) is 1.23. The topological polar surface area (TPSA) is 42.0 Å². The lowest BCUT2D eigenvalue weighted by molar-refractivity contribution is 0.102. The van der Waals surface area contributed by atoms with Crippen LogP contribution in [-0.4, -0.2) is 10.9 Å². The average Bonchev–Trinajstić information content (AvgIpc) is 2.86. The molecular formula is C11H12N2OS2. The molecule has 0 bridgehead atoms. The second-order valence-electron chi connectivity index (χ2n) is 3.68. The van der Waals surface area contributed by atoms with E-state index in [1.807, 2.05) is 16.8 Å². The lowest BCUT2D eigenvalue weighted by atomic mass is 10.1. The molecule has 0 spiro atoms. The van der Waals surface area contributed by atoms with E-state index in [0.717, 1.165) is 0 Å². The smallest absolute Gasteiger partial charge is 0.258 e. The van der Waals surface area contributed by atoms with Crippen LogP contribution >= 0.6 is 22.7 Å². The first-order chi connectivity index (χ1) is 7.66. The van der Waals surface area contributed by atoms with Gasteiger partial charge in [-0.3, -0.25) is 10.1 Å². The summed E-state index contributed by atoms with van der Waals surface area (Å²) in [7, 11) is 0. The van der Waals surface area contributed by atoms with E-state index < -0.39 is 0 Å². The molecule has 0 aromatic carbocycles. The van der Waals surface area contributed by atoms with Crippen LogP contribution in [-0.2, 0) is 0 Å². The number of hydrogen-bond acceptors (Lipinski definition) is 4. The van der Waals surface area contributed by atoms with Gasteiger partial charge in [-0.15, -0.1) is 22.7 Å². The van der Waals surface area contributed by atoms with Crippen LogP contribution in [0.4, 0.5) is 5.13 Å². The number of hydrogen-bond donors (Lipinski definition) is 1. The molecule has 1 N–H and O–H groups in total. The monoisotopic (exact) mass is 252 g/mol. The number of anilines is 1. The van der Waals surface area contributed by atoms with E-state index in [-0.39, 0.29) is 5.91 Å². The summed E-state index contributed by atoms with van der Waals surface area (Å²) in [6.45, 7) is 4.24. The van der Waals surface area contributed by atoms with Crippen molar-refractivity contribution in [1.82, 2.24) is 4.98 Å². The largest absolute Gasteiger partial charge is 0.298 e. The molecule has 5 heteroatoms. The Labute approximate surface area is 102 Å². The van der Waals surface area contributed by atoms with E-state index in [2.05, 4.69) is 24.1 Å². The number of nitrogens with zero attached hydrogens (tertiary/aromatic N) is 1. The molecule has 3 nitrogen and oxygen atoms in total. The van der Waals surface area contributed by atoms with Gasteiger partial charge >= 0.3 is 0 Å². The predicted molar refractivity (Wildman–Crippen MR) is 68.5 cm³/mol. The fraction of sp³-hybridized carbons (Fsp3) is 0.273. The van der Waals surface area contributed by atoms with Crippen LogP contribution < -0.4 is 5.32 Å². The van der Waals surface area contributed by atoms with Crippen molar-refractivity contribution < 1.29 is 4.79 Å². The van der Waals surface area contributed by atoms with Crippen LogP contribution in [0, 0.1) is 0 Å². The average molecular weight is 252 g/mol. The van der Waals surface area contributed by atoms with Gasteiger partial charge in [0.25, 0.3) is 5.91 Å². The molecule has 84 valence electrons. The molecule has 0 radical (unpaired) electrons. The Hall–Kier alpha value is -1.20. The maximum absolute atomic E-state index is 11.8. The second-order valence-corrected chi connectivity index (χ2v) is 5.52. The van der Waals surface area contributed by atoms with Crippen molar-refractivity contribution in [2.75, 3.05) is 5.32 Å². The zero-order chi connectivity index (χ0) is 11.5. The number of nitrogens with one attached hydrogen (secondary N) is 1. The van der Waals surface area contributed by atoms with Crippen LogP contribution in [0.3, 0.4) is 0 Å². The van der Waals surface area contributed by atoms with Crippen molar-refractivity contribution in [2.45, 2.75) is 19.8 Å². The second kappa shape index (κ2) is 4.76. The molecular weight excluding hydrogens is 240 g/mol. The van der Waals surface area contributed by atoms with Gasteiger partial charge in [0.15, 0.2) is 5.13 Å². The van der Waals surface area contributed by atoms with Crippen LogP contribution in [0.2, 0.25) is 0 Å². The van der Waals surface area contributed by atoms with E-state index in [9.17, 15) is 4.79 Å². The zero-order valence-electron chi connectivity index (χ0n) is 9.06. The van der Waals surface area contributed by atoms with Crippen molar-refractivity contribution in [3.63, 3.8) is 0 Å². The van der Waals surface area contributed by atoms with Crippen LogP contribution in [0.1, 0.15) is 35.0 Å². The maximum atomic E-state index is 11.8. The minimum atomic E-state index is -0.0851. The molecule has 2 heterocycles. The summed E-state index contributed by atoms with van der Waals surface area (Å²) < 4.78 is 0. The van der Waals surface area contributed by atoms with Crippen LogP contribution in [0.15, 0.2) is 23.0 Å². The summed E-state index contributed by atoms with van der Waals surface area (Å²) in [6, 6.07) is 1.94. The molecule has 0 aliphatic rings. The Morgan fingerprint density at radius 1 is 1.44 bits per heavy atom. The molecule has 2 aromatic heterocycles. The first kappa shape index (κ1) is 11.3. The van der Waals surface area contributed by atoms with Crippen molar-refractivity contribution >= 4 is 33.7 Å². The third-order valence-electron chi connectivity index (χ3n) is 2.10. The van der Waals surface area contributed by atoms with Gasteiger partial charge in [-0.2, -0.15) is 0 Å². The molecule has 0 unspecified atom stereocenters.